The zero-order valence-electron chi connectivity index (χ0n) is 23.4. The number of non-ortho nitro benzene ring substituents is 1. The largest absolute Gasteiger partial charge is 0.497 e. The van der Waals surface area contributed by atoms with E-state index in [1.54, 1.807) is 55.6 Å². The Balaban J connectivity index is 1.29. The number of benzene rings is 4. The van der Waals surface area contributed by atoms with Gasteiger partial charge < -0.3 is 30.5 Å². The van der Waals surface area contributed by atoms with Gasteiger partial charge in [-0.25, -0.2) is 4.79 Å². The zero-order valence-corrected chi connectivity index (χ0v) is 23.4. The number of nitro benzene ring substituents is 1. The van der Waals surface area contributed by atoms with Gasteiger partial charge in [-0.05, 0) is 71.8 Å². The van der Waals surface area contributed by atoms with Crippen LogP contribution in [0.4, 0.5) is 29.2 Å². The highest BCUT2D eigenvalue weighted by Gasteiger charge is 2.10. The zero-order chi connectivity index (χ0) is 30.9. The Labute approximate surface area is 251 Å². The summed E-state index contributed by atoms with van der Waals surface area (Å²) in [7, 11) is 1.61. The molecule has 0 atom stereocenters. The smallest absolute Gasteiger partial charge is 0.335 e. The molecule has 0 fully saturated rings. The first-order valence-electron chi connectivity index (χ1n) is 13.3. The van der Waals surface area contributed by atoms with Crippen LogP contribution in [-0.4, -0.2) is 38.1 Å². The number of ether oxygens (including phenoxy) is 2. The van der Waals surface area contributed by atoms with Gasteiger partial charge in [0.25, 0.3) is 5.69 Å². The molecule has 13 nitrogen and oxygen atoms in total. The van der Waals surface area contributed by atoms with Crippen molar-refractivity contribution in [3.8, 4) is 17.2 Å². The molecule has 1 aromatic heterocycles. The van der Waals surface area contributed by atoms with Crippen LogP contribution in [0.5, 0.6) is 17.2 Å². The van der Waals surface area contributed by atoms with Gasteiger partial charge in [0.1, 0.15) is 17.2 Å². The summed E-state index contributed by atoms with van der Waals surface area (Å²) in [6.45, 7) is 0.785. The highest BCUT2D eigenvalue weighted by atomic mass is 16.6. The van der Waals surface area contributed by atoms with Crippen molar-refractivity contribution in [2.24, 2.45) is 0 Å². The van der Waals surface area contributed by atoms with E-state index in [1.807, 2.05) is 24.3 Å². The Morgan fingerprint density at radius 2 is 1.20 bits per heavy atom. The van der Waals surface area contributed by atoms with Crippen LogP contribution < -0.4 is 25.4 Å². The number of rotatable bonds is 13. The molecule has 4 N–H and O–H groups in total. The van der Waals surface area contributed by atoms with Crippen LogP contribution >= 0.6 is 0 Å². The van der Waals surface area contributed by atoms with Crippen LogP contribution in [0.25, 0.3) is 0 Å². The lowest BCUT2D eigenvalue weighted by atomic mass is 10.2. The highest BCUT2D eigenvalue weighted by molar-refractivity contribution is 5.87. The lowest BCUT2D eigenvalue weighted by Crippen LogP contribution is -2.11. The van der Waals surface area contributed by atoms with Crippen LogP contribution in [-0.2, 0) is 13.1 Å². The molecule has 0 saturated heterocycles. The van der Waals surface area contributed by atoms with Gasteiger partial charge in [0.15, 0.2) is 0 Å². The molecule has 0 amide bonds. The molecule has 0 saturated carbocycles. The molecule has 0 unspecified atom stereocenters. The molecular formula is C31H27N7O6. The van der Waals surface area contributed by atoms with E-state index in [2.05, 4.69) is 30.9 Å². The quantitative estimate of drug-likeness (QED) is 0.0894. The van der Waals surface area contributed by atoms with Crippen molar-refractivity contribution in [2.75, 3.05) is 23.1 Å². The first kappa shape index (κ1) is 29.3. The van der Waals surface area contributed by atoms with E-state index in [0.29, 0.717) is 42.2 Å². The Hall–Kier alpha value is -6.24. The number of nitrogens with zero attached hydrogens (tertiary/aromatic N) is 4. The third-order valence-electron chi connectivity index (χ3n) is 6.29. The fraction of sp³-hybridized carbons (Fsp3) is 0.0968. The lowest BCUT2D eigenvalue weighted by molar-refractivity contribution is -0.384. The number of aromatic carboxylic acids is 1. The molecule has 13 heteroatoms. The molecule has 222 valence electrons. The molecule has 5 rings (SSSR count). The monoisotopic (exact) mass is 593 g/mol. The average molecular weight is 594 g/mol. The van der Waals surface area contributed by atoms with E-state index >= 15 is 0 Å². The molecule has 0 aliphatic heterocycles. The van der Waals surface area contributed by atoms with Gasteiger partial charge in [-0.1, -0.05) is 24.3 Å². The van der Waals surface area contributed by atoms with Crippen molar-refractivity contribution in [3.63, 3.8) is 0 Å². The topological polar surface area (TPSA) is 174 Å². The van der Waals surface area contributed by atoms with Crippen molar-refractivity contribution < 1.29 is 24.3 Å². The lowest BCUT2D eigenvalue weighted by Gasteiger charge is -2.12. The van der Waals surface area contributed by atoms with Crippen LogP contribution in [0.3, 0.4) is 0 Å². The van der Waals surface area contributed by atoms with Gasteiger partial charge in [-0.2, -0.15) is 15.0 Å². The fourth-order valence-electron chi connectivity index (χ4n) is 3.97. The minimum atomic E-state index is -1.01. The molecule has 0 radical (unpaired) electrons. The number of carboxylic acid groups (broad SMARTS) is 1. The van der Waals surface area contributed by atoms with Crippen LogP contribution in [0, 0.1) is 10.1 Å². The van der Waals surface area contributed by atoms with Crippen LogP contribution in [0.2, 0.25) is 0 Å². The van der Waals surface area contributed by atoms with Crippen molar-refractivity contribution in [3.05, 3.63) is 124 Å². The molecule has 0 aliphatic carbocycles. The van der Waals surface area contributed by atoms with Gasteiger partial charge in [-0.3, -0.25) is 10.1 Å². The average Bonchev–Trinajstić information content (AvgIpc) is 3.04. The van der Waals surface area contributed by atoms with E-state index in [4.69, 9.17) is 14.6 Å². The van der Waals surface area contributed by atoms with Gasteiger partial charge in [0, 0.05) is 30.9 Å². The minimum absolute atomic E-state index is 0.0120. The molecule has 4 aromatic carbocycles. The Kier molecular flexibility index (Phi) is 9.05. The minimum Gasteiger partial charge on any atom is -0.497 e. The second-order valence-electron chi connectivity index (χ2n) is 9.37. The molecule has 1 heterocycles. The Bertz CT molecular complexity index is 1730. The molecule has 0 spiro atoms. The summed E-state index contributed by atoms with van der Waals surface area (Å²) in [5.41, 5.74) is 2.68. The maximum Gasteiger partial charge on any atom is 0.335 e. The standard InChI is InChI=1S/C31H27N7O6/c1-43-25-12-4-21(5-13-25)19-33-30-35-29(32-18-20-2-10-24(11-3-20)38(41)42)36-31(37-30)34-23-8-16-27(17-9-23)44-26-14-6-22(7-15-26)28(39)40/h2-17H,18-19H2,1H3,(H,39,40)(H3,32,33,34,35,36,37). The summed E-state index contributed by atoms with van der Waals surface area (Å²) in [5, 5.41) is 29.6. The number of nitrogens with one attached hydrogen (secondary N) is 3. The third kappa shape index (κ3) is 7.94. The SMILES string of the molecule is COc1ccc(CNc2nc(NCc3ccc([N+](=O)[O-])cc3)nc(Nc3ccc(Oc4ccc(C(=O)O)cc4)cc3)n2)cc1. The summed E-state index contributed by atoms with van der Waals surface area (Å²) in [6, 6.07) is 27.0. The molecule has 44 heavy (non-hydrogen) atoms. The number of aromatic nitrogens is 3. The van der Waals surface area contributed by atoms with E-state index in [0.717, 1.165) is 16.9 Å². The molecular weight excluding hydrogens is 566 g/mol. The van der Waals surface area contributed by atoms with Crippen LogP contribution in [0.1, 0.15) is 21.5 Å². The predicted molar refractivity (Wildman–Crippen MR) is 164 cm³/mol. The number of hydrogen-bond donors (Lipinski definition) is 4. The predicted octanol–water partition coefficient (Wildman–Crippen LogP) is 6.25. The van der Waals surface area contributed by atoms with Gasteiger partial charge >= 0.3 is 5.97 Å². The molecule has 5 aromatic rings. The van der Waals surface area contributed by atoms with Gasteiger partial charge in [0.2, 0.25) is 17.8 Å². The third-order valence-corrected chi connectivity index (χ3v) is 6.29. The van der Waals surface area contributed by atoms with E-state index in [1.165, 1.54) is 24.3 Å². The Morgan fingerprint density at radius 1 is 0.727 bits per heavy atom. The first-order chi connectivity index (χ1) is 21.3. The maximum atomic E-state index is 11.1. The molecule has 0 bridgehead atoms. The number of carbonyl (C=O) groups is 1. The number of carboxylic acids is 1. The van der Waals surface area contributed by atoms with Crippen LogP contribution in [0.15, 0.2) is 97.1 Å². The van der Waals surface area contributed by atoms with Gasteiger partial charge in [0.05, 0.1) is 17.6 Å². The van der Waals surface area contributed by atoms with Gasteiger partial charge in [-0.15, -0.1) is 0 Å². The van der Waals surface area contributed by atoms with E-state index in [-0.39, 0.29) is 17.2 Å². The Morgan fingerprint density at radius 3 is 1.70 bits per heavy atom. The fourth-order valence-corrected chi connectivity index (χ4v) is 3.97. The molecule has 0 aliphatic rings. The summed E-state index contributed by atoms with van der Waals surface area (Å²) < 4.78 is 11.0. The normalized spacial score (nSPS) is 10.5. The summed E-state index contributed by atoms with van der Waals surface area (Å²) in [5.74, 6) is 1.71. The number of methoxy groups -OCH3 is 1. The van der Waals surface area contributed by atoms with E-state index in [9.17, 15) is 14.9 Å². The highest BCUT2D eigenvalue weighted by Crippen LogP contribution is 2.25. The number of hydrogen-bond acceptors (Lipinski definition) is 11. The van der Waals surface area contributed by atoms with Crippen molar-refractivity contribution >= 4 is 35.2 Å². The number of anilines is 4. The summed E-state index contributed by atoms with van der Waals surface area (Å²) >= 11 is 0. The maximum absolute atomic E-state index is 11.1. The van der Waals surface area contributed by atoms with E-state index < -0.39 is 10.9 Å². The number of nitro groups is 1. The second kappa shape index (κ2) is 13.6. The first-order valence-corrected chi connectivity index (χ1v) is 13.3. The summed E-state index contributed by atoms with van der Waals surface area (Å²) in [6.07, 6.45) is 0. The van der Waals surface area contributed by atoms with Crippen molar-refractivity contribution in [2.45, 2.75) is 13.1 Å². The summed E-state index contributed by atoms with van der Waals surface area (Å²) in [4.78, 5) is 35.1. The van der Waals surface area contributed by atoms with Crippen molar-refractivity contribution in [1.29, 1.82) is 0 Å². The van der Waals surface area contributed by atoms with Crippen molar-refractivity contribution in [1.82, 2.24) is 15.0 Å². The second-order valence-corrected chi connectivity index (χ2v) is 9.37.